The molecular weight excluding hydrogens is 254 g/mol. The highest BCUT2D eigenvalue weighted by atomic mass is 16.2. The predicted octanol–water partition coefficient (Wildman–Crippen LogP) is 2.48. The third kappa shape index (κ3) is 2.50. The fraction of sp³-hybridized carbons (Fsp3) is 0.400. The zero-order chi connectivity index (χ0) is 14.7. The number of anilines is 1. The van der Waals surface area contributed by atoms with Crippen molar-refractivity contribution in [2.75, 3.05) is 4.90 Å². The van der Waals surface area contributed by atoms with E-state index in [1.54, 1.807) is 18.2 Å². The van der Waals surface area contributed by atoms with Gasteiger partial charge in [0.05, 0.1) is 17.3 Å². The quantitative estimate of drug-likeness (QED) is 0.855. The van der Waals surface area contributed by atoms with Crippen molar-refractivity contribution in [3.8, 4) is 6.07 Å². The molecule has 1 aliphatic heterocycles. The van der Waals surface area contributed by atoms with Gasteiger partial charge in [-0.15, -0.1) is 0 Å². The molecule has 0 bridgehead atoms. The highest BCUT2D eigenvalue weighted by Crippen LogP contribution is 2.26. The van der Waals surface area contributed by atoms with Crippen molar-refractivity contribution < 1.29 is 9.59 Å². The van der Waals surface area contributed by atoms with E-state index in [0.29, 0.717) is 17.7 Å². The first-order chi connectivity index (χ1) is 9.58. The summed E-state index contributed by atoms with van der Waals surface area (Å²) in [6.07, 6.45) is 2.51. The van der Waals surface area contributed by atoms with Crippen LogP contribution in [0.2, 0.25) is 0 Å². The molecule has 1 aromatic rings. The van der Waals surface area contributed by atoms with Crippen LogP contribution < -0.4 is 10.2 Å². The zero-order valence-electron chi connectivity index (χ0n) is 11.6. The number of urea groups is 1. The Bertz CT molecular complexity index is 589. The maximum Gasteiger partial charge on any atom is 0.329 e. The predicted molar refractivity (Wildman–Crippen MR) is 75.2 cm³/mol. The topological polar surface area (TPSA) is 73.2 Å². The second kappa shape index (κ2) is 5.74. The van der Waals surface area contributed by atoms with Crippen LogP contribution >= 0.6 is 0 Å². The van der Waals surface area contributed by atoms with Gasteiger partial charge in [-0.2, -0.15) is 5.26 Å². The van der Waals surface area contributed by atoms with Gasteiger partial charge in [-0.25, -0.2) is 9.69 Å². The summed E-state index contributed by atoms with van der Waals surface area (Å²) in [5, 5.41) is 11.6. The summed E-state index contributed by atoms with van der Waals surface area (Å²) >= 11 is 0. The van der Waals surface area contributed by atoms with E-state index in [1.165, 1.54) is 0 Å². The summed E-state index contributed by atoms with van der Waals surface area (Å²) in [7, 11) is 0. The van der Waals surface area contributed by atoms with Crippen molar-refractivity contribution in [1.29, 1.82) is 5.26 Å². The third-order valence-corrected chi connectivity index (χ3v) is 3.44. The number of nitriles is 1. The van der Waals surface area contributed by atoms with Crippen LogP contribution in [0.5, 0.6) is 0 Å². The first-order valence-electron chi connectivity index (χ1n) is 6.73. The lowest BCUT2D eigenvalue weighted by atomic mass is 10.1. The number of aryl methyl sites for hydroxylation is 1. The first kappa shape index (κ1) is 14.1. The molecular formula is C15H17N3O2. The Labute approximate surface area is 118 Å². The van der Waals surface area contributed by atoms with Gasteiger partial charge in [-0.1, -0.05) is 25.8 Å². The van der Waals surface area contributed by atoms with Crippen molar-refractivity contribution in [2.24, 2.45) is 0 Å². The summed E-state index contributed by atoms with van der Waals surface area (Å²) in [6.45, 7) is 3.86. The molecule has 1 fully saturated rings. The number of nitrogens with one attached hydrogen (secondary N) is 1. The van der Waals surface area contributed by atoms with Crippen LogP contribution in [0.1, 0.15) is 37.3 Å². The van der Waals surface area contributed by atoms with Crippen molar-refractivity contribution in [3.63, 3.8) is 0 Å². The fourth-order valence-electron chi connectivity index (χ4n) is 2.28. The standard InChI is InChI=1S/C15H17N3O2/c1-3-4-5-12-14(19)18(15(20)17-12)13-8-11(9-16)7-6-10(13)2/h6-8,12H,3-5H2,1-2H3,(H,17,20). The molecule has 1 N–H and O–H groups in total. The number of imide groups is 1. The lowest BCUT2D eigenvalue weighted by Crippen LogP contribution is -2.32. The van der Waals surface area contributed by atoms with Crippen molar-refractivity contribution in [2.45, 2.75) is 39.2 Å². The first-order valence-corrected chi connectivity index (χ1v) is 6.73. The second-order valence-electron chi connectivity index (χ2n) is 4.93. The Hall–Kier alpha value is -2.35. The molecule has 1 aromatic carbocycles. The van der Waals surface area contributed by atoms with E-state index in [4.69, 9.17) is 5.26 Å². The highest BCUT2D eigenvalue weighted by Gasteiger charge is 2.39. The highest BCUT2D eigenvalue weighted by molar-refractivity contribution is 6.21. The van der Waals surface area contributed by atoms with Crippen molar-refractivity contribution in [3.05, 3.63) is 29.3 Å². The number of nitrogens with zero attached hydrogens (tertiary/aromatic N) is 2. The van der Waals surface area contributed by atoms with Gasteiger partial charge in [-0.05, 0) is 31.0 Å². The smallest absolute Gasteiger partial charge is 0.325 e. The Balaban J connectivity index is 2.31. The van der Waals surface area contributed by atoms with Crippen LogP contribution in [0.15, 0.2) is 18.2 Å². The van der Waals surface area contributed by atoms with E-state index in [0.717, 1.165) is 23.3 Å². The van der Waals surface area contributed by atoms with Crippen LogP contribution in [0.3, 0.4) is 0 Å². The van der Waals surface area contributed by atoms with E-state index < -0.39 is 12.1 Å². The SMILES string of the molecule is CCCCC1NC(=O)N(c2cc(C#N)ccc2C)C1=O. The van der Waals surface area contributed by atoms with E-state index in [1.807, 2.05) is 19.9 Å². The number of amides is 3. The molecule has 1 heterocycles. The summed E-state index contributed by atoms with van der Waals surface area (Å²) in [4.78, 5) is 25.5. The van der Waals surface area contributed by atoms with Gasteiger partial charge in [0.25, 0.3) is 5.91 Å². The third-order valence-electron chi connectivity index (χ3n) is 3.44. The van der Waals surface area contributed by atoms with Crippen LogP contribution in [-0.2, 0) is 4.79 Å². The molecule has 0 aromatic heterocycles. The summed E-state index contributed by atoms with van der Waals surface area (Å²) in [5.41, 5.74) is 1.72. The molecule has 1 aliphatic rings. The van der Waals surface area contributed by atoms with Gasteiger partial charge in [-0.3, -0.25) is 4.79 Å². The monoisotopic (exact) mass is 271 g/mol. The molecule has 20 heavy (non-hydrogen) atoms. The van der Waals surface area contributed by atoms with Gasteiger partial charge in [0.2, 0.25) is 0 Å². The number of carbonyl (C=O) groups excluding carboxylic acids is 2. The normalized spacial score (nSPS) is 18.1. The zero-order valence-corrected chi connectivity index (χ0v) is 11.6. The minimum Gasteiger partial charge on any atom is -0.325 e. The second-order valence-corrected chi connectivity index (χ2v) is 4.93. The lowest BCUT2D eigenvalue weighted by Gasteiger charge is -2.16. The average Bonchev–Trinajstić information content (AvgIpc) is 2.72. The summed E-state index contributed by atoms with van der Waals surface area (Å²) < 4.78 is 0. The molecule has 3 amide bonds. The summed E-state index contributed by atoms with van der Waals surface area (Å²) in [5.74, 6) is -0.235. The average molecular weight is 271 g/mol. The minimum absolute atomic E-state index is 0.235. The molecule has 1 saturated heterocycles. The van der Waals surface area contributed by atoms with Gasteiger partial charge < -0.3 is 5.32 Å². The number of hydrogen-bond donors (Lipinski definition) is 1. The minimum atomic E-state index is -0.451. The molecule has 1 unspecified atom stereocenters. The number of benzene rings is 1. The largest absolute Gasteiger partial charge is 0.329 e. The lowest BCUT2D eigenvalue weighted by molar-refractivity contribution is -0.118. The molecule has 104 valence electrons. The Morgan fingerprint density at radius 2 is 2.15 bits per heavy atom. The summed E-state index contributed by atoms with van der Waals surface area (Å²) in [6, 6.07) is 6.16. The van der Waals surface area contributed by atoms with Gasteiger partial charge in [0.1, 0.15) is 6.04 Å². The number of hydrogen-bond acceptors (Lipinski definition) is 3. The van der Waals surface area contributed by atoms with Crippen LogP contribution in [0, 0.1) is 18.3 Å². The molecule has 0 saturated carbocycles. The van der Waals surface area contributed by atoms with Crippen LogP contribution in [0.25, 0.3) is 0 Å². The Morgan fingerprint density at radius 3 is 2.80 bits per heavy atom. The number of carbonyl (C=O) groups is 2. The maximum atomic E-state index is 12.3. The number of rotatable bonds is 4. The fourth-order valence-corrected chi connectivity index (χ4v) is 2.28. The molecule has 0 radical (unpaired) electrons. The molecule has 0 spiro atoms. The van der Waals surface area contributed by atoms with Gasteiger partial charge in [0, 0.05) is 0 Å². The van der Waals surface area contributed by atoms with Gasteiger partial charge in [0.15, 0.2) is 0 Å². The molecule has 0 aliphatic carbocycles. The molecule has 2 rings (SSSR count). The van der Waals surface area contributed by atoms with E-state index in [2.05, 4.69) is 5.32 Å². The molecule has 5 nitrogen and oxygen atoms in total. The van der Waals surface area contributed by atoms with Crippen molar-refractivity contribution in [1.82, 2.24) is 5.32 Å². The molecule has 5 heteroatoms. The molecule has 1 atom stereocenters. The van der Waals surface area contributed by atoms with E-state index >= 15 is 0 Å². The number of unbranched alkanes of at least 4 members (excludes halogenated alkanes) is 1. The Morgan fingerprint density at radius 1 is 1.40 bits per heavy atom. The maximum absolute atomic E-state index is 12.3. The van der Waals surface area contributed by atoms with Crippen LogP contribution in [-0.4, -0.2) is 18.0 Å². The van der Waals surface area contributed by atoms with E-state index in [9.17, 15) is 9.59 Å². The van der Waals surface area contributed by atoms with Gasteiger partial charge >= 0.3 is 6.03 Å². The van der Waals surface area contributed by atoms with Crippen molar-refractivity contribution >= 4 is 17.6 Å². The van der Waals surface area contributed by atoms with Crippen LogP contribution in [0.4, 0.5) is 10.5 Å². The van der Waals surface area contributed by atoms with E-state index in [-0.39, 0.29) is 5.91 Å². The Kier molecular flexibility index (Phi) is 4.04.